The molecule has 0 aliphatic rings. The number of aromatic nitrogens is 2. The summed E-state index contributed by atoms with van der Waals surface area (Å²) in [6.07, 6.45) is -5.44. The predicted octanol–water partition coefficient (Wildman–Crippen LogP) is 3.32. The van der Waals surface area contributed by atoms with Gasteiger partial charge in [0, 0.05) is 17.8 Å². The van der Waals surface area contributed by atoms with E-state index in [0.29, 0.717) is 22.6 Å². The first-order valence-corrected chi connectivity index (χ1v) is 8.24. The van der Waals surface area contributed by atoms with Gasteiger partial charge in [-0.15, -0.1) is 0 Å². The van der Waals surface area contributed by atoms with Crippen LogP contribution in [-0.2, 0) is 6.18 Å². The summed E-state index contributed by atoms with van der Waals surface area (Å²) in [4.78, 5) is 0. The van der Waals surface area contributed by atoms with Gasteiger partial charge in [-0.1, -0.05) is 30.3 Å². The van der Waals surface area contributed by atoms with Crippen LogP contribution in [0.25, 0.3) is 16.9 Å². The largest absolute Gasteiger partial charge is 0.435 e. The van der Waals surface area contributed by atoms with E-state index >= 15 is 0 Å². The number of hydrogen-bond donors (Lipinski definition) is 3. The maximum Gasteiger partial charge on any atom is 0.435 e. The van der Waals surface area contributed by atoms with Crippen LogP contribution in [0.2, 0.25) is 0 Å². The zero-order valence-corrected chi connectivity index (χ0v) is 14.2. The van der Waals surface area contributed by atoms with E-state index in [4.69, 9.17) is 5.11 Å². The lowest BCUT2D eigenvalue weighted by Crippen LogP contribution is -2.22. The second kappa shape index (κ2) is 7.81. The molecule has 0 amide bonds. The molecule has 1 atom stereocenters. The second-order valence-electron chi connectivity index (χ2n) is 5.95. The van der Waals surface area contributed by atoms with E-state index in [9.17, 15) is 18.3 Å². The van der Waals surface area contributed by atoms with Crippen LogP contribution in [0.4, 0.5) is 18.9 Å². The van der Waals surface area contributed by atoms with E-state index < -0.39 is 18.0 Å². The topological polar surface area (TPSA) is 70.3 Å². The van der Waals surface area contributed by atoms with Crippen molar-refractivity contribution in [2.75, 3.05) is 18.5 Å². The maximum absolute atomic E-state index is 13.2. The van der Waals surface area contributed by atoms with E-state index in [1.807, 2.05) is 0 Å². The van der Waals surface area contributed by atoms with E-state index in [1.54, 1.807) is 54.6 Å². The van der Waals surface area contributed by atoms with Crippen molar-refractivity contribution in [2.45, 2.75) is 12.3 Å². The van der Waals surface area contributed by atoms with E-state index in [1.165, 1.54) is 4.68 Å². The molecule has 5 nitrogen and oxygen atoms in total. The van der Waals surface area contributed by atoms with Crippen molar-refractivity contribution in [2.24, 2.45) is 0 Å². The fraction of sp³-hybridized carbons (Fsp3) is 0.211. The molecule has 2 aromatic carbocycles. The molecule has 3 rings (SSSR count). The Hall–Kier alpha value is -2.84. The summed E-state index contributed by atoms with van der Waals surface area (Å²) >= 11 is 0. The maximum atomic E-state index is 13.2. The Morgan fingerprint density at radius 2 is 1.70 bits per heavy atom. The summed E-state index contributed by atoms with van der Waals surface area (Å²) in [6, 6.07) is 16.3. The zero-order valence-electron chi connectivity index (χ0n) is 14.2. The van der Waals surface area contributed by atoms with Crippen LogP contribution in [0.1, 0.15) is 5.69 Å². The molecule has 0 spiro atoms. The Labute approximate surface area is 153 Å². The molecule has 0 aliphatic heterocycles. The van der Waals surface area contributed by atoms with Crippen LogP contribution in [0.3, 0.4) is 0 Å². The number of anilines is 1. The Balaban J connectivity index is 1.94. The third-order valence-electron chi connectivity index (χ3n) is 3.93. The summed E-state index contributed by atoms with van der Waals surface area (Å²) < 4.78 is 40.7. The van der Waals surface area contributed by atoms with Crippen molar-refractivity contribution in [1.29, 1.82) is 0 Å². The monoisotopic (exact) mass is 377 g/mol. The Kier molecular flexibility index (Phi) is 5.48. The molecular formula is C19H18F3N3O2. The van der Waals surface area contributed by atoms with Gasteiger partial charge in [-0.25, -0.2) is 4.68 Å². The number of halogens is 3. The smallest absolute Gasteiger partial charge is 0.394 e. The minimum atomic E-state index is -4.54. The molecule has 27 heavy (non-hydrogen) atoms. The third-order valence-corrected chi connectivity index (χ3v) is 3.93. The molecule has 0 bridgehead atoms. The molecule has 1 heterocycles. The molecule has 0 fully saturated rings. The van der Waals surface area contributed by atoms with Gasteiger partial charge in [0.2, 0.25) is 0 Å². The van der Waals surface area contributed by atoms with Crippen LogP contribution in [-0.4, -0.2) is 39.2 Å². The van der Waals surface area contributed by atoms with Crippen molar-refractivity contribution < 1.29 is 23.4 Å². The standard InChI is InChI=1S/C19H18F3N3O2/c20-19(21,22)18-10-17(25(24-18)15-4-2-1-3-5-15)13-6-8-14(9-7-13)23-11-16(27)12-26/h1-10,16,23,26-27H,11-12H2. The van der Waals surface area contributed by atoms with Gasteiger partial charge in [0.05, 0.1) is 24.1 Å². The second-order valence-corrected chi connectivity index (χ2v) is 5.95. The first kappa shape index (κ1) is 18.9. The highest BCUT2D eigenvalue weighted by molar-refractivity contribution is 5.65. The van der Waals surface area contributed by atoms with E-state index in [0.717, 1.165) is 6.07 Å². The van der Waals surface area contributed by atoms with Gasteiger partial charge in [-0.05, 0) is 30.3 Å². The molecule has 0 radical (unpaired) electrons. The van der Waals surface area contributed by atoms with E-state index in [-0.39, 0.29) is 13.2 Å². The molecule has 3 aromatic rings. The van der Waals surface area contributed by atoms with Gasteiger partial charge in [-0.2, -0.15) is 18.3 Å². The van der Waals surface area contributed by atoms with Gasteiger partial charge >= 0.3 is 6.18 Å². The average molecular weight is 377 g/mol. The van der Waals surface area contributed by atoms with Crippen molar-refractivity contribution in [1.82, 2.24) is 9.78 Å². The molecule has 0 saturated carbocycles. The number of rotatable bonds is 6. The fourth-order valence-electron chi connectivity index (χ4n) is 2.55. The van der Waals surface area contributed by atoms with Gasteiger partial charge < -0.3 is 15.5 Å². The zero-order chi connectivity index (χ0) is 19.4. The Bertz CT molecular complexity index is 877. The molecule has 8 heteroatoms. The first-order chi connectivity index (χ1) is 12.9. The molecule has 1 aromatic heterocycles. The minimum absolute atomic E-state index is 0.163. The Morgan fingerprint density at radius 3 is 2.30 bits per heavy atom. The number of nitrogens with one attached hydrogen (secondary N) is 1. The summed E-state index contributed by atoms with van der Waals surface area (Å²) in [7, 11) is 0. The third kappa shape index (κ3) is 4.47. The molecule has 1 unspecified atom stereocenters. The van der Waals surface area contributed by atoms with Crippen LogP contribution < -0.4 is 5.32 Å². The minimum Gasteiger partial charge on any atom is -0.394 e. The SMILES string of the molecule is OCC(O)CNc1ccc(-c2cc(C(F)(F)F)nn2-c2ccccc2)cc1. The molecular weight excluding hydrogens is 359 g/mol. The number of aliphatic hydroxyl groups excluding tert-OH is 2. The number of hydrogen-bond acceptors (Lipinski definition) is 4. The molecule has 0 aliphatic carbocycles. The highest BCUT2D eigenvalue weighted by atomic mass is 19.4. The van der Waals surface area contributed by atoms with Crippen LogP contribution in [0, 0.1) is 0 Å². The van der Waals surface area contributed by atoms with Crippen molar-refractivity contribution in [3.63, 3.8) is 0 Å². The number of alkyl halides is 3. The molecule has 3 N–H and O–H groups in total. The van der Waals surface area contributed by atoms with Crippen molar-refractivity contribution in [3.05, 3.63) is 66.4 Å². The van der Waals surface area contributed by atoms with Gasteiger partial charge in [0.25, 0.3) is 0 Å². The van der Waals surface area contributed by atoms with Crippen molar-refractivity contribution in [3.8, 4) is 16.9 Å². The van der Waals surface area contributed by atoms with Gasteiger partial charge in [0.1, 0.15) is 0 Å². The number of para-hydroxylation sites is 1. The number of aliphatic hydroxyl groups is 2. The first-order valence-electron chi connectivity index (χ1n) is 8.24. The van der Waals surface area contributed by atoms with Gasteiger partial charge in [0.15, 0.2) is 5.69 Å². The van der Waals surface area contributed by atoms with E-state index in [2.05, 4.69) is 10.4 Å². The summed E-state index contributed by atoms with van der Waals surface area (Å²) in [5, 5.41) is 24.9. The molecule has 142 valence electrons. The highest BCUT2D eigenvalue weighted by Gasteiger charge is 2.35. The lowest BCUT2D eigenvalue weighted by molar-refractivity contribution is -0.141. The highest BCUT2D eigenvalue weighted by Crippen LogP contribution is 2.33. The summed E-state index contributed by atoms with van der Waals surface area (Å²) in [5.41, 5.74) is 1.12. The molecule has 0 saturated heterocycles. The summed E-state index contributed by atoms with van der Waals surface area (Å²) in [6.45, 7) is -0.197. The quantitative estimate of drug-likeness (QED) is 0.616. The summed E-state index contributed by atoms with van der Waals surface area (Å²) in [5.74, 6) is 0. The fourth-order valence-corrected chi connectivity index (χ4v) is 2.55. The lowest BCUT2D eigenvalue weighted by atomic mass is 10.1. The number of nitrogens with zero attached hydrogens (tertiary/aromatic N) is 2. The van der Waals surface area contributed by atoms with Crippen LogP contribution >= 0.6 is 0 Å². The number of benzene rings is 2. The van der Waals surface area contributed by atoms with Crippen molar-refractivity contribution >= 4 is 5.69 Å². The average Bonchev–Trinajstić information content (AvgIpc) is 3.13. The van der Waals surface area contributed by atoms with Crippen LogP contribution in [0.5, 0.6) is 0 Å². The van der Waals surface area contributed by atoms with Gasteiger partial charge in [-0.3, -0.25) is 0 Å². The Morgan fingerprint density at radius 1 is 1.04 bits per heavy atom. The predicted molar refractivity (Wildman–Crippen MR) is 95.6 cm³/mol. The lowest BCUT2D eigenvalue weighted by Gasteiger charge is -2.11. The normalized spacial score (nSPS) is 12.8. The van der Waals surface area contributed by atoms with Crippen LogP contribution in [0.15, 0.2) is 60.7 Å².